The molecule has 0 bridgehead atoms. The molecule has 0 spiro atoms. The summed E-state index contributed by atoms with van der Waals surface area (Å²) in [5, 5.41) is 2.79. The fourth-order valence-electron chi connectivity index (χ4n) is 1.53. The smallest absolute Gasteiger partial charge is 0.221 e. The Bertz CT molecular complexity index is 410. The molecule has 1 aromatic rings. The van der Waals surface area contributed by atoms with Crippen LogP contribution < -0.4 is 14.8 Å². The summed E-state index contributed by atoms with van der Waals surface area (Å²) >= 11 is 5.50. The predicted octanol–water partition coefficient (Wildman–Crippen LogP) is 2.73. The van der Waals surface area contributed by atoms with E-state index in [0.717, 1.165) is 17.7 Å². The Morgan fingerprint density at radius 1 is 1.37 bits per heavy atom. The third kappa shape index (κ3) is 5.39. The number of halogens is 1. The van der Waals surface area contributed by atoms with E-state index in [2.05, 4.69) is 5.32 Å². The largest absolute Gasteiger partial charge is 0.493 e. The van der Waals surface area contributed by atoms with Gasteiger partial charge in [0.25, 0.3) is 0 Å². The molecule has 1 amide bonds. The second kappa shape index (κ2) is 8.64. The van der Waals surface area contributed by atoms with E-state index in [1.165, 1.54) is 0 Å². The fraction of sp³-hybridized carbons (Fsp3) is 0.500. The van der Waals surface area contributed by atoms with Crippen LogP contribution in [0.2, 0.25) is 0 Å². The highest BCUT2D eigenvalue weighted by Crippen LogP contribution is 2.28. The number of alkyl halides is 1. The lowest BCUT2D eigenvalue weighted by atomic mass is 10.2. The van der Waals surface area contributed by atoms with Gasteiger partial charge in [-0.25, -0.2) is 0 Å². The van der Waals surface area contributed by atoms with Gasteiger partial charge >= 0.3 is 0 Å². The van der Waals surface area contributed by atoms with Crippen molar-refractivity contribution >= 4 is 17.5 Å². The molecule has 106 valence electrons. The number of hydrogen-bond donors (Lipinski definition) is 1. The van der Waals surface area contributed by atoms with Crippen LogP contribution in [-0.4, -0.2) is 25.5 Å². The zero-order valence-electron chi connectivity index (χ0n) is 11.4. The zero-order chi connectivity index (χ0) is 14.1. The Balaban J connectivity index is 2.63. The van der Waals surface area contributed by atoms with Gasteiger partial charge in [0.05, 0.1) is 13.7 Å². The van der Waals surface area contributed by atoms with E-state index in [9.17, 15) is 4.79 Å². The standard InChI is InChI=1S/C14H20ClNO3/c1-3-8-19-12-5-4-11(9-13(12)18-2)10-16-14(17)6-7-15/h4-5,9H,3,6-8,10H2,1-2H3,(H,16,17). The molecule has 4 nitrogen and oxygen atoms in total. The van der Waals surface area contributed by atoms with Gasteiger partial charge in [0.15, 0.2) is 11.5 Å². The molecule has 1 rings (SSSR count). The topological polar surface area (TPSA) is 47.6 Å². The molecule has 0 saturated carbocycles. The molecular weight excluding hydrogens is 266 g/mol. The van der Waals surface area contributed by atoms with Crippen LogP contribution in [0.3, 0.4) is 0 Å². The number of ether oxygens (including phenoxy) is 2. The first-order valence-electron chi connectivity index (χ1n) is 6.33. The maximum absolute atomic E-state index is 11.3. The van der Waals surface area contributed by atoms with Gasteiger partial charge in [0, 0.05) is 18.8 Å². The van der Waals surface area contributed by atoms with Crippen LogP contribution in [-0.2, 0) is 11.3 Å². The van der Waals surface area contributed by atoms with Crippen molar-refractivity contribution in [2.45, 2.75) is 26.3 Å². The average molecular weight is 286 g/mol. The lowest BCUT2D eigenvalue weighted by molar-refractivity contribution is -0.120. The van der Waals surface area contributed by atoms with E-state index in [0.29, 0.717) is 31.2 Å². The second-order valence-corrected chi connectivity index (χ2v) is 4.43. The van der Waals surface area contributed by atoms with Crippen molar-refractivity contribution in [3.05, 3.63) is 23.8 Å². The van der Waals surface area contributed by atoms with Gasteiger partial charge in [0.2, 0.25) is 5.91 Å². The van der Waals surface area contributed by atoms with Gasteiger partial charge in [0.1, 0.15) is 0 Å². The maximum atomic E-state index is 11.3. The van der Waals surface area contributed by atoms with Crippen LogP contribution in [0.4, 0.5) is 0 Å². The quantitative estimate of drug-likeness (QED) is 0.747. The van der Waals surface area contributed by atoms with Crippen molar-refractivity contribution in [2.24, 2.45) is 0 Å². The van der Waals surface area contributed by atoms with E-state index < -0.39 is 0 Å². The summed E-state index contributed by atoms with van der Waals surface area (Å²) in [7, 11) is 1.60. The van der Waals surface area contributed by atoms with Crippen molar-refractivity contribution in [3.8, 4) is 11.5 Å². The monoisotopic (exact) mass is 285 g/mol. The van der Waals surface area contributed by atoms with Crippen LogP contribution in [0.25, 0.3) is 0 Å². The minimum Gasteiger partial charge on any atom is -0.493 e. The third-order valence-corrected chi connectivity index (χ3v) is 2.69. The van der Waals surface area contributed by atoms with E-state index in [4.69, 9.17) is 21.1 Å². The first-order valence-corrected chi connectivity index (χ1v) is 6.87. The maximum Gasteiger partial charge on any atom is 0.221 e. The molecule has 1 N–H and O–H groups in total. The first-order chi connectivity index (χ1) is 9.21. The molecule has 19 heavy (non-hydrogen) atoms. The van der Waals surface area contributed by atoms with Crippen molar-refractivity contribution in [1.82, 2.24) is 5.32 Å². The van der Waals surface area contributed by atoms with Crippen LogP contribution in [0, 0.1) is 0 Å². The molecule has 0 radical (unpaired) electrons. The Hall–Kier alpha value is -1.42. The summed E-state index contributed by atoms with van der Waals surface area (Å²) in [5.41, 5.74) is 0.962. The first kappa shape index (κ1) is 15.6. The Morgan fingerprint density at radius 2 is 2.16 bits per heavy atom. The van der Waals surface area contributed by atoms with E-state index in [1.807, 2.05) is 25.1 Å². The van der Waals surface area contributed by atoms with E-state index in [-0.39, 0.29) is 5.91 Å². The number of nitrogens with one attached hydrogen (secondary N) is 1. The van der Waals surface area contributed by atoms with E-state index in [1.54, 1.807) is 7.11 Å². The van der Waals surface area contributed by atoms with E-state index >= 15 is 0 Å². The molecule has 0 aliphatic carbocycles. The van der Waals surface area contributed by atoms with Crippen LogP contribution in [0.15, 0.2) is 18.2 Å². The summed E-state index contributed by atoms with van der Waals surface area (Å²) in [4.78, 5) is 11.3. The lowest BCUT2D eigenvalue weighted by Gasteiger charge is -2.12. The minimum atomic E-state index is -0.0553. The number of carbonyl (C=O) groups is 1. The molecule has 0 unspecified atom stereocenters. The highest BCUT2D eigenvalue weighted by atomic mass is 35.5. The SMILES string of the molecule is CCCOc1ccc(CNC(=O)CCCl)cc1OC. The molecular formula is C14H20ClNO3. The summed E-state index contributed by atoms with van der Waals surface area (Å²) < 4.78 is 10.8. The van der Waals surface area contributed by atoms with Gasteiger partial charge < -0.3 is 14.8 Å². The third-order valence-electron chi connectivity index (χ3n) is 2.50. The summed E-state index contributed by atoms with van der Waals surface area (Å²) in [5.74, 6) is 1.68. The minimum absolute atomic E-state index is 0.0553. The highest BCUT2D eigenvalue weighted by molar-refractivity contribution is 6.18. The molecule has 5 heteroatoms. The fourth-order valence-corrected chi connectivity index (χ4v) is 1.70. The molecule has 0 atom stereocenters. The van der Waals surface area contributed by atoms with Gasteiger partial charge in [-0.3, -0.25) is 4.79 Å². The van der Waals surface area contributed by atoms with Crippen LogP contribution in [0.5, 0.6) is 11.5 Å². The number of hydrogen-bond acceptors (Lipinski definition) is 3. The number of rotatable bonds is 8. The number of methoxy groups -OCH3 is 1. The van der Waals surface area contributed by atoms with Gasteiger partial charge in [-0.2, -0.15) is 0 Å². The second-order valence-electron chi connectivity index (χ2n) is 4.05. The zero-order valence-corrected chi connectivity index (χ0v) is 12.1. The van der Waals surface area contributed by atoms with Gasteiger partial charge in [-0.1, -0.05) is 13.0 Å². The molecule has 1 aromatic carbocycles. The Morgan fingerprint density at radius 3 is 2.79 bits per heavy atom. The van der Waals surface area contributed by atoms with Crippen LogP contribution >= 0.6 is 11.6 Å². The molecule has 0 heterocycles. The highest BCUT2D eigenvalue weighted by Gasteiger charge is 2.06. The molecule has 0 aliphatic rings. The molecule has 0 aromatic heterocycles. The lowest BCUT2D eigenvalue weighted by Crippen LogP contribution is -2.22. The molecule has 0 aliphatic heterocycles. The van der Waals surface area contributed by atoms with Gasteiger partial charge in [-0.05, 0) is 24.1 Å². The number of benzene rings is 1. The summed E-state index contributed by atoms with van der Waals surface area (Å²) in [6, 6.07) is 5.64. The van der Waals surface area contributed by atoms with Crippen molar-refractivity contribution in [3.63, 3.8) is 0 Å². The van der Waals surface area contributed by atoms with Crippen molar-refractivity contribution in [2.75, 3.05) is 19.6 Å². The summed E-state index contributed by atoms with van der Waals surface area (Å²) in [6.07, 6.45) is 1.27. The summed E-state index contributed by atoms with van der Waals surface area (Å²) in [6.45, 7) is 3.16. The van der Waals surface area contributed by atoms with Crippen molar-refractivity contribution in [1.29, 1.82) is 0 Å². The van der Waals surface area contributed by atoms with Crippen LogP contribution in [0.1, 0.15) is 25.3 Å². The molecule has 0 fully saturated rings. The van der Waals surface area contributed by atoms with Gasteiger partial charge in [-0.15, -0.1) is 11.6 Å². The predicted molar refractivity (Wildman–Crippen MR) is 76.0 cm³/mol. The number of amides is 1. The Labute approximate surface area is 119 Å². The van der Waals surface area contributed by atoms with Crippen molar-refractivity contribution < 1.29 is 14.3 Å². The molecule has 0 saturated heterocycles. The average Bonchev–Trinajstić information content (AvgIpc) is 2.43. The normalized spacial score (nSPS) is 10.1. The Kier molecular flexibility index (Phi) is 7.11. The number of carbonyl (C=O) groups excluding carboxylic acids is 1.